The SMILES string of the molecule is Cc1oc(-c2ccccc2)nc1CC(=O)N1CCC(C(=O)O)C1. The zero-order chi connectivity index (χ0) is 16.4. The van der Waals surface area contributed by atoms with Crippen molar-refractivity contribution in [2.75, 3.05) is 13.1 Å². The van der Waals surface area contributed by atoms with Crippen LogP contribution in [0.3, 0.4) is 0 Å². The molecule has 1 fully saturated rings. The minimum Gasteiger partial charge on any atom is -0.481 e. The van der Waals surface area contributed by atoms with Crippen molar-refractivity contribution in [2.45, 2.75) is 19.8 Å². The standard InChI is InChI=1S/C17H18N2O4/c1-11-14(18-16(23-11)12-5-3-2-4-6-12)9-15(20)19-8-7-13(10-19)17(21)22/h2-6,13H,7-10H2,1H3,(H,21,22). The molecule has 2 heterocycles. The van der Waals surface area contributed by atoms with Gasteiger partial charge in [0.2, 0.25) is 11.8 Å². The van der Waals surface area contributed by atoms with E-state index in [1.807, 2.05) is 30.3 Å². The van der Waals surface area contributed by atoms with Crippen LogP contribution in [0, 0.1) is 12.8 Å². The minimum atomic E-state index is -0.843. The van der Waals surface area contributed by atoms with Crippen LogP contribution in [0.4, 0.5) is 0 Å². The number of nitrogens with zero attached hydrogens (tertiary/aromatic N) is 2. The smallest absolute Gasteiger partial charge is 0.308 e. The first-order valence-corrected chi connectivity index (χ1v) is 7.57. The largest absolute Gasteiger partial charge is 0.481 e. The predicted molar refractivity (Wildman–Crippen MR) is 82.7 cm³/mol. The molecule has 1 N–H and O–H groups in total. The molecule has 1 atom stereocenters. The van der Waals surface area contributed by atoms with Crippen molar-refractivity contribution in [3.63, 3.8) is 0 Å². The zero-order valence-electron chi connectivity index (χ0n) is 12.9. The number of rotatable bonds is 4. The van der Waals surface area contributed by atoms with E-state index >= 15 is 0 Å². The summed E-state index contributed by atoms with van der Waals surface area (Å²) in [6.07, 6.45) is 0.642. The first-order valence-electron chi connectivity index (χ1n) is 7.57. The average Bonchev–Trinajstić information content (AvgIpc) is 3.16. The lowest BCUT2D eigenvalue weighted by Gasteiger charge is -2.14. The van der Waals surface area contributed by atoms with Crippen LogP contribution < -0.4 is 0 Å². The van der Waals surface area contributed by atoms with Crippen LogP contribution in [0.2, 0.25) is 0 Å². The molecule has 1 aromatic heterocycles. The number of amides is 1. The summed E-state index contributed by atoms with van der Waals surface area (Å²) >= 11 is 0. The summed E-state index contributed by atoms with van der Waals surface area (Å²) in [4.78, 5) is 29.3. The van der Waals surface area contributed by atoms with E-state index in [9.17, 15) is 9.59 Å². The number of aryl methyl sites for hydroxylation is 1. The number of carbonyl (C=O) groups excluding carboxylic acids is 1. The van der Waals surface area contributed by atoms with Gasteiger partial charge in [0.1, 0.15) is 5.76 Å². The number of oxazole rings is 1. The Morgan fingerprint density at radius 1 is 1.35 bits per heavy atom. The van der Waals surface area contributed by atoms with Gasteiger partial charge in [0.25, 0.3) is 0 Å². The molecule has 1 amide bonds. The summed E-state index contributed by atoms with van der Waals surface area (Å²) in [5.41, 5.74) is 1.47. The fourth-order valence-corrected chi connectivity index (χ4v) is 2.74. The number of carbonyl (C=O) groups is 2. The third kappa shape index (κ3) is 3.26. The van der Waals surface area contributed by atoms with Gasteiger partial charge >= 0.3 is 5.97 Å². The highest BCUT2D eigenvalue weighted by Crippen LogP contribution is 2.23. The summed E-state index contributed by atoms with van der Waals surface area (Å²) < 4.78 is 5.65. The molecule has 0 aliphatic carbocycles. The fraction of sp³-hybridized carbons (Fsp3) is 0.353. The van der Waals surface area contributed by atoms with E-state index in [2.05, 4.69) is 4.98 Å². The molecule has 1 unspecified atom stereocenters. The Hall–Kier alpha value is -2.63. The molecule has 120 valence electrons. The summed E-state index contributed by atoms with van der Waals surface area (Å²) in [6, 6.07) is 9.51. The van der Waals surface area contributed by atoms with Gasteiger partial charge in [-0.3, -0.25) is 9.59 Å². The van der Waals surface area contributed by atoms with Gasteiger partial charge in [-0.1, -0.05) is 18.2 Å². The topological polar surface area (TPSA) is 83.6 Å². The Balaban J connectivity index is 1.70. The van der Waals surface area contributed by atoms with E-state index in [1.165, 1.54) is 0 Å². The van der Waals surface area contributed by atoms with Gasteiger partial charge in [0.05, 0.1) is 18.0 Å². The second-order valence-electron chi connectivity index (χ2n) is 5.73. The summed E-state index contributed by atoms with van der Waals surface area (Å²) in [6.45, 7) is 2.54. The minimum absolute atomic E-state index is 0.107. The second kappa shape index (κ2) is 6.24. The number of aliphatic carboxylic acids is 1. The maximum absolute atomic E-state index is 12.3. The van der Waals surface area contributed by atoms with Crippen LogP contribution in [-0.4, -0.2) is 40.0 Å². The monoisotopic (exact) mass is 314 g/mol. The molecule has 23 heavy (non-hydrogen) atoms. The van der Waals surface area contributed by atoms with Crippen LogP contribution in [-0.2, 0) is 16.0 Å². The molecule has 6 nitrogen and oxygen atoms in total. The van der Waals surface area contributed by atoms with Crippen molar-refractivity contribution in [1.82, 2.24) is 9.88 Å². The van der Waals surface area contributed by atoms with E-state index in [1.54, 1.807) is 11.8 Å². The highest BCUT2D eigenvalue weighted by atomic mass is 16.4. The van der Waals surface area contributed by atoms with Crippen molar-refractivity contribution in [2.24, 2.45) is 5.92 Å². The van der Waals surface area contributed by atoms with Crippen LogP contribution in [0.25, 0.3) is 11.5 Å². The highest BCUT2D eigenvalue weighted by molar-refractivity contribution is 5.80. The van der Waals surface area contributed by atoms with Gasteiger partial charge in [-0.2, -0.15) is 0 Å². The maximum Gasteiger partial charge on any atom is 0.308 e. The van der Waals surface area contributed by atoms with Crippen LogP contribution in [0.5, 0.6) is 0 Å². The summed E-state index contributed by atoms with van der Waals surface area (Å²) in [7, 11) is 0. The molecule has 0 radical (unpaired) electrons. The van der Waals surface area contributed by atoms with Gasteiger partial charge < -0.3 is 14.4 Å². The second-order valence-corrected chi connectivity index (χ2v) is 5.73. The molecular weight excluding hydrogens is 296 g/mol. The summed E-state index contributed by atoms with van der Waals surface area (Å²) in [5.74, 6) is -0.298. The number of carboxylic acids is 1. The number of likely N-dealkylation sites (tertiary alicyclic amines) is 1. The van der Waals surface area contributed by atoms with Gasteiger partial charge in [-0.05, 0) is 25.5 Å². The van der Waals surface area contributed by atoms with E-state index in [0.29, 0.717) is 30.3 Å². The van der Waals surface area contributed by atoms with Gasteiger partial charge in [0.15, 0.2) is 0 Å². The Morgan fingerprint density at radius 2 is 2.09 bits per heavy atom. The lowest BCUT2D eigenvalue weighted by atomic mass is 10.1. The molecule has 0 bridgehead atoms. The van der Waals surface area contributed by atoms with Crippen LogP contribution in [0.15, 0.2) is 34.7 Å². The van der Waals surface area contributed by atoms with Crippen LogP contribution in [0.1, 0.15) is 17.9 Å². The van der Waals surface area contributed by atoms with Crippen LogP contribution >= 0.6 is 0 Å². The van der Waals surface area contributed by atoms with Gasteiger partial charge in [0, 0.05) is 18.7 Å². The van der Waals surface area contributed by atoms with Crippen molar-refractivity contribution in [3.05, 3.63) is 41.8 Å². The lowest BCUT2D eigenvalue weighted by molar-refractivity contribution is -0.141. The van der Waals surface area contributed by atoms with E-state index in [0.717, 1.165) is 5.56 Å². The predicted octanol–water partition coefficient (Wildman–Crippen LogP) is 2.13. The van der Waals surface area contributed by atoms with E-state index < -0.39 is 11.9 Å². The molecule has 1 aliphatic heterocycles. The number of carboxylic acid groups (broad SMARTS) is 1. The van der Waals surface area contributed by atoms with Gasteiger partial charge in [-0.15, -0.1) is 0 Å². The quantitative estimate of drug-likeness (QED) is 0.934. The van der Waals surface area contributed by atoms with Crippen molar-refractivity contribution in [1.29, 1.82) is 0 Å². The Bertz CT molecular complexity index is 723. The maximum atomic E-state index is 12.3. The molecule has 1 aromatic carbocycles. The zero-order valence-corrected chi connectivity index (χ0v) is 12.9. The van der Waals surface area contributed by atoms with E-state index in [-0.39, 0.29) is 18.9 Å². The normalized spacial score (nSPS) is 17.4. The lowest BCUT2D eigenvalue weighted by Crippen LogP contribution is -2.31. The number of aromatic nitrogens is 1. The molecule has 0 saturated carbocycles. The van der Waals surface area contributed by atoms with Gasteiger partial charge in [-0.25, -0.2) is 4.98 Å². The average molecular weight is 314 g/mol. The molecule has 2 aromatic rings. The van der Waals surface area contributed by atoms with Crippen molar-refractivity contribution in [3.8, 4) is 11.5 Å². The van der Waals surface area contributed by atoms with Crippen molar-refractivity contribution >= 4 is 11.9 Å². The Morgan fingerprint density at radius 3 is 2.74 bits per heavy atom. The molecule has 3 rings (SSSR count). The fourth-order valence-electron chi connectivity index (χ4n) is 2.74. The first kappa shape index (κ1) is 15.3. The first-order chi connectivity index (χ1) is 11.0. The Labute approximate surface area is 133 Å². The molecule has 0 spiro atoms. The van der Waals surface area contributed by atoms with E-state index in [4.69, 9.17) is 9.52 Å². The highest BCUT2D eigenvalue weighted by Gasteiger charge is 2.31. The third-order valence-electron chi connectivity index (χ3n) is 4.12. The molecule has 1 saturated heterocycles. The molecular formula is C17H18N2O4. The number of hydrogen-bond acceptors (Lipinski definition) is 4. The molecule has 1 aliphatic rings. The third-order valence-corrected chi connectivity index (χ3v) is 4.12. The summed E-state index contributed by atoms with van der Waals surface area (Å²) in [5, 5.41) is 9.01. The number of hydrogen-bond donors (Lipinski definition) is 1. The number of benzene rings is 1. The molecule has 6 heteroatoms. The van der Waals surface area contributed by atoms with Crippen molar-refractivity contribution < 1.29 is 19.1 Å². The Kier molecular flexibility index (Phi) is 4.14.